The van der Waals surface area contributed by atoms with E-state index < -0.39 is 0 Å². The maximum Gasteiger partial charge on any atom is 0.109 e. The molecule has 1 rings (SSSR count). The second kappa shape index (κ2) is 5.33. The smallest absolute Gasteiger partial charge is 0.109 e. The summed E-state index contributed by atoms with van der Waals surface area (Å²) < 4.78 is 0. The molecule has 1 fully saturated rings. The van der Waals surface area contributed by atoms with Crippen LogP contribution in [0.2, 0.25) is 0 Å². The number of hydrogen-bond donors (Lipinski definition) is 1. The van der Waals surface area contributed by atoms with Crippen LogP contribution in [0.3, 0.4) is 0 Å². The lowest BCUT2D eigenvalue weighted by molar-refractivity contribution is 0.174. The number of likely N-dealkylation sites (tertiary alicyclic amines) is 1. The summed E-state index contributed by atoms with van der Waals surface area (Å²) >= 11 is 0. The largest absolute Gasteiger partial charge is 0.303 e. The number of rotatable bonds is 4. The van der Waals surface area contributed by atoms with Crippen molar-refractivity contribution in [2.45, 2.75) is 38.6 Å². The fourth-order valence-corrected chi connectivity index (χ4v) is 1.94. The Labute approximate surface area is 87.1 Å². The third-order valence-corrected chi connectivity index (χ3v) is 3.08. The molecule has 1 aliphatic rings. The summed E-state index contributed by atoms with van der Waals surface area (Å²) in [6.07, 6.45) is 3.04. The predicted molar refractivity (Wildman–Crippen MR) is 58.0 cm³/mol. The molecule has 0 unspecified atom stereocenters. The molecular weight excluding hydrogens is 174 g/mol. The van der Waals surface area contributed by atoms with Gasteiger partial charge in [0.2, 0.25) is 0 Å². The molecule has 80 valence electrons. The van der Waals surface area contributed by atoms with Crippen LogP contribution in [0.4, 0.5) is 0 Å². The Balaban J connectivity index is 2.45. The lowest BCUT2D eigenvalue weighted by atomic mass is 9.89. The molecule has 1 N–H and O–H groups in total. The standard InChI is InChI=1S/C11H21N3/c1-3-7-13-11(10-12)5-8-14(4-2)9-6-11/h13H,3-9H2,1-2H3. The number of nitrogens with zero attached hydrogens (tertiary/aromatic N) is 2. The van der Waals surface area contributed by atoms with Gasteiger partial charge in [-0.05, 0) is 32.4 Å². The first-order valence-corrected chi connectivity index (χ1v) is 5.65. The van der Waals surface area contributed by atoms with Gasteiger partial charge in [0.05, 0.1) is 6.07 Å². The van der Waals surface area contributed by atoms with Gasteiger partial charge in [0.15, 0.2) is 0 Å². The normalized spacial score (nSPS) is 21.8. The minimum Gasteiger partial charge on any atom is -0.303 e. The summed E-state index contributed by atoms with van der Waals surface area (Å²) in [4.78, 5) is 2.41. The number of nitrogens with one attached hydrogen (secondary N) is 1. The molecule has 0 aromatic carbocycles. The highest BCUT2D eigenvalue weighted by molar-refractivity contribution is 5.09. The minimum atomic E-state index is -0.234. The highest BCUT2D eigenvalue weighted by Crippen LogP contribution is 2.21. The monoisotopic (exact) mass is 195 g/mol. The molecule has 1 heterocycles. The summed E-state index contributed by atoms with van der Waals surface area (Å²) in [6.45, 7) is 8.49. The van der Waals surface area contributed by atoms with E-state index >= 15 is 0 Å². The molecule has 3 nitrogen and oxygen atoms in total. The first kappa shape index (κ1) is 11.5. The van der Waals surface area contributed by atoms with Gasteiger partial charge in [0.1, 0.15) is 5.54 Å². The van der Waals surface area contributed by atoms with Crippen molar-refractivity contribution >= 4 is 0 Å². The van der Waals surface area contributed by atoms with E-state index in [2.05, 4.69) is 30.1 Å². The van der Waals surface area contributed by atoms with Crippen LogP contribution >= 0.6 is 0 Å². The highest BCUT2D eigenvalue weighted by Gasteiger charge is 2.33. The van der Waals surface area contributed by atoms with Gasteiger partial charge in [-0.1, -0.05) is 13.8 Å². The average molecular weight is 195 g/mol. The lowest BCUT2D eigenvalue weighted by Gasteiger charge is -2.37. The molecule has 0 aromatic heterocycles. The van der Waals surface area contributed by atoms with Crippen LogP contribution in [-0.4, -0.2) is 36.6 Å². The molecule has 0 bridgehead atoms. The summed E-state index contributed by atoms with van der Waals surface area (Å²) in [6, 6.07) is 2.46. The Morgan fingerprint density at radius 1 is 1.36 bits per heavy atom. The molecule has 0 amide bonds. The van der Waals surface area contributed by atoms with E-state index in [9.17, 15) is 5.26 Å². The van der Waals surface area contributed by atoms with Gasteiger partial charge in [0.25, 0.3) is 0 Å². The van der Waals surface area contributed by atoms with Crippen molar-refractivity contribution in [1.82, 2.24) is 10.2 Å². The van der Waals surface area contributed by atoms with Crippen LogP contribution in [0.15, 0.2) is 0 Å². The first-order chi connectivity index (χ1) is 6.76. The van der Waals surface area contributed by atoms with Crippen LogP contribution < -0.4 is 5.32 Å². The maximum atomic E-state index is 9.20. The van der Waals surface area contributed by atoms with Crippen molar-refractivity contribution < 1.29 is 0 Å². The molecule has 0 spiro atoms. The van der Waals surface area contributed by atoms with Crippen LogP contribution in [0, 0.1) is 11.3 Å². The van der Waals surface area contributed by atoms with Crippen LogP contribution in [0.1, 0.15) is 33.1 Å². The van der Waals surface area contributed by atoms with Crippen LogP contribution in [-0.2, 0) is 0 Å². The van der Waals surface area contributed by atoms with E-state index in [0.29, 0.717) is 0 Å². The number of hydrogen-bond acceptors (Lipinski definition) is 3. The molecule has 0 aliphatic carbocycles. The van der Waals surface area contributed by atoms with Crippen molar-refractivity contribution in [1.29, 1.82) is 5.26 Å². The number of nitriles is 1. The van der Waals surface area contributed by atoms with Gasteiger partial charge in [-0.25, -0.2) is 0 Å². The van der Waals surface area contributed by atoms with Crippen molar-refractivity contribution in [3.8, 4) is 6.07 Å². The third-order valence-electron chi connectivity index (χ3n) is 3.08. The van der Waals surface area contributed by atoms with E-state index in [1.165, 1.54) is 0 Å². The van der Waals surface area contributed by atoms with Gasteiger partial charge in [-0.15, -0.1) is 0 Å². The zero-order valence-electron chi connectivity index (χ0n) is 9.34. The molecule has 0 saturated carbocycles. The van der Waals surface area contributed by atoms with E-state index in [4.69, 9.17) is 0 Å². The van der Waals surface area contributed by atoms with Crippen molar-refractivity contribution in [2.24, 2.45) is 0 Å². The summed E-state index contributed by atoms with van der Waals surface area (Å²) in [5, 5.41) is 12.6. The fourth-order valence-electron chi connectivity index (χ4n) is 1.94. The molecule has 0 aromatic rings. The third kappa shape index (κ3) is 2.70. The van der Waals surface area contributed by atoms with Gasteiger partial charge in [-0.3, -0.25) is 5.32 Å². The molecule has 1 aliphatic heterocycles. The van der Waals surface area contributed by atoms with E-state index in [1.54, 1.807) is 0 Å². The molecular formula is C11H21N3. The second-order valence-corrected chi connectivity index (χ2v) is 4.05. The van der Waals surface area contributed by atoms with Gasteiger partial charge < -0.3 is 4.90 Å². The van der Waals surface area contributed by atoms with E-state index in [0.717, 1.165) is 45.4 Å². The highest BCUT2D eigenvalue weighted by atomic mass is 15.1. The molecule has 1 saturated heterocycles. The molecule has 0 radical (unpaired) electrons. The van der Waals surface area contributed by atoms with Crippen LogP contribution in [0.5, 0.6) is 0 Å². The Morgan fingerprint density at radius 3 is 2.43 bits per heavy atom. The lowest BCUT2D eigenvalue weighted by Crippen LogP contribution is -2.52. The Morgan fingerprint density at radius 2 is 2.00 bits per heavy atom. The van der Waals surface area contributed by atoms with Crippen molar-refractivity contribution in [3.63, 3.8) is 0 Å². The predicted octanol–water partition coefficient (Wildman–Crippen LogP) is 1.36. The second-order valence-electron chi connectivity index (χ2n) is 4.05. The SMILES string of the molecule is CCCNC1(C#N)CCN(CC)CC1. The topological polar surface area (TPSA) is 39.1 Å². The average Bonchev–Trinajstić information content (AvgIpc) is 2.27. The summed E-state index contributed by atoms with van der Waals surface area (Å²) in [7, 11) is 0. The molecule has 0 atom stereocenters. The Kier molecular flexibility index (Phi) is 4.37. The quantitative estimate of drug-likeness (QED) is 0.736. The fraction of sp³-hybridized carbons (Fsp3) is 0.909. The van der Waals surface area contributed by atoms with E-state index in [-0.39, 0.29) is 5.54 Å². The first-order valence-electron chi connectivity index (χ1n) is 5.65. The minimum absolute atomic E-state index is 0.234. The molecule has 3 heteroatoms. The maximum absolute atomic E-state index is 9.20. The van der Waals surface area contributed by atoms with Gasteiger partial charge >= 0.3 is 0 Å². The van der Waals surface area contributed by atoms with Crippen molar-refractivity contribution in [3.05, 3.63) is 0 Å². The summed E-state index contributed by atoms with van der Waals surface area (Å²) in [5.74, 6) is 0. The molecule has 14 heavy (non-hydrogen) atoms. The zero-order valence-corrected chi connectivity index (χ0v) is 9.34. The van der Waals surface area contributed by atoms with Gasteiger partial charge in [0, 0.05) is 13.1 Å². The van der Waals surface area contributed by atoms with E-state index in [1.807, 2.05) is 0 Å². The zero-order chi connectivity index (χ0) is 10.4. The van der Waals surface area contributed by atoms with Gasteiger partial charge in [-0.2, -0.15) is 5.26 Å². The Bertz CT molecular complexity index is 199. The number of piperidine rings is 1. The Hall–Kier alpha value is -0.590. The summed E-state index contributed by atoms with van der Waals surface area (Å²) in [5.41, 5.74) is -0.234. The van der Waals surface area contributed by atoms with Crippen molar-refractivity contribution in [2.75, 3.05) is 26.2 Å². The van der Waals surface area contributed by atoms with Crippen LogP contribution in [0.25, 0.3) is 0 Å².